The highest BCUT2D eigenvalue weighted by Gasteiger charge is 2.15. The molecule has 1 amide bonds. The van der Waals surface area contributed by atoms with E-state index in [1.807, 2.05) is 0 Å². The average Bonchev–Trinajstić information content (AvgIpc) is 2.85. The van der Waals surface area contributed by atoms with Crippen LogP contribution in [0.4, 0.5) is 5.69 Å². The fourth-order valence-electron chi connectivity index (χ4n) is 2.96. The Balaban J connectivity index is 1.68. The van der Waals surface area contributed by atoms with Gasteiger partial charge >= 0.3 is 5.63 Å². The number of hydrazone groups is 1. The van der Waals surface area contributed by atoms with Crippen molar-refractivity contribution in [3.63, 3.8) is 0 Å². The van der Waals surface area contributed by atoms with Gasteiger partial charge in [-0.25, -0.2) is 10.2 Å². The average molecular weight is 477 g/mol. The Bertz CT molecular complexity index is 1480. The van der Waals surface area contributed by atoms with Crippen molar-refractivity contribution < 1.29 is 19.1 Å². The zero-order valence-corrected chi connectivity index (χ0v) is 18.5. The van der Waals surface area contributed by atoms with Crippen LogP contribution in [0.5, 0.6) is 11.5 Å². The minimum atomic E-state index is -0.804. The zero-order valence-electron chi connectivity index (χ0n) is 17.7. The Hall–Kier alpha value is -4.50. The number of carbonyl (C=O) groups is 1. The van der Waals surface area contributed by atoms with Crippen LogP contribution in [0.15, 0.2) is 97.3 Å². The minimum Gasteiger partial charge on any atom is -0.504 e. The number of azo groups is 1. The molecule has 3 aromatic carbocycles. The van der Waals surface area contributed by atoms with Gasteiger partial charge in [-0.05, 0) is 54.6 Å². The monoisotopic (exact) mass is 476 g/mol. The quantitative estimate of drug-likeness (QED) is 0.137. The van der Waals surface area contributed by atoms with Gasteiger partial charge in [0.05, 0.1) is 12.8 Å². The Morgan fingerprint density at radius 3 is 2.59 bits per heavy atom. The smallest absolute Gasteiger partial charge is 0.349 e. The molecule has 2 N–H and O–H groups in total. The number of rotatable bonds is 5. The van der Waals surface area contributed by atoms with Crippen molar-refractivity contribution in [1.82, 2.24) is 5.43 Å². The van der Waals surface area contributed by atoms with Gasteiger partial charge in [0.25, 0.3) is 5.91 Å². The number of ether oxygens (including phenoxy) is 1. The summed E-state index contributed by atoms with van der Waals surface area (Å²) in [6, 6.07) is 19.2. The third-order valence-electron chi connectivity index (χ3n) is 4.67. The predicted molar refractivity (Wildman–Crippen MR) is 127 cm³/mol. The van der Waals surface area contributed by atoms with Gasteiger partial charge in [-0.15, -0.1) is 15.3 Å². The number of hydrogen-bond donors (Lipinski definition) is 2. The van der Waals surface area contributed by atoms with Crippen LogP contribution in [0.1, 0.15) is 15.9 Å². The summed E-state index contributed by atoms with van der Waals surface area (Å²) >= 11 is 5.90. The number of nitrogens with zero attached hydrogens (tertiary/aromatic N) is 3. The Morgan fingerprint density at radius 2 is 1.82 bits per heavy atom. The summed E-state index contributed by atoms with van der Waals surface area (Å²) in [7, 11) is 1.39. The van der Waals surface area contributed by atoms with E-state index in [4.69, 9.17) is 20.8 Å². The Labute approximate surface area is 198 Å². The van der Waals surface area contributed by atoms with E-state index in [2.05, 4.69) is 20.8 Å². The first-order valence-corrected chi connectivity index (χ1v) is 10.3. The number of amidine groups is 1. The van der Waals surface area contributed by atoms with E-state index in [0.29, 0.717) is 27.2 Å². The normalized spacial score (nSPS) is 11.6. The molecule has 34 heavy (non-hydrogen) atoms. The van der Waals surface area contributed by atoms with Crippen LogP contribution in [0, 0.1) is 0 Å². The van der Waals surface area contributed by atoms with Crippen molar-refractivity contribution in [2.45, 2.75) is 0 Å². The molecule has 0 bridgehead atoms. The summed E-state index contributed by atoms with van der Waals surface area (Å²) in [4.78, 5) is 25.0. The third-order valence-corrected chi connectivity index (χ3v) is 4.93. The lowest BCUT2D eigenvalue weighted by Crippen LogP contribution is -2.25. The molecule has 0 aliphatic heterocycles. The Kier molecular flexibility index (Phi) is 6.65. The molecule has 4 rings (SSSR count). The fourth-order valence-corrected chi connectivity index (χ4v) is 3.08. The van der Waals surface area contributed by atoms with Gasteiger partial charge in [0.15, 0.2) is 11.5 Å². The van der Waals surface area contributed by atoms with Gasteiger partial charge < -0.3 is 14.3 Å². The first-order chi connectivity index (χ1) is 16.4. The van der Waals surface area contributed by atoms with Gasteiger partial charge in [0.2, 0.25) is 5.84 Å². The second-order valence-corrected chi connectivity index (χ2v) is 7.36. The molecular formula is C24H17ClN4O5. The molecule has 1 heterocycles. The molecule has 10 heteroatoms. The highest BCUT2D eigenvalue weighted by atomic mass is 35.5. The van der Waals surface area contributed by atoms with Crippen molar-refractivity contribution in [2.24, 2.45) is 15.3 Å². The highest BCUT2D eigenvalue weighted by molar-refractivity contribution is 6.30. The van der Waals surface area contributed by atoms with Crippen molar-refractivity contribution in [2.75, 3.05) is 7.11 Å². The molecule has 0 fully saturated rings. The van der Waals surface area contributed by atoms with E-state index in [1.54, 1.807) is 48.5 Å². The molecule has 0 radical (unpaired) electrons. The number of phenolic OH excluding ortho intramolecular Hbond substituents is 1. The summed E-state index contributed by atoms with van der Waals surface area (Å²) in [5.74, 6) is -0.706. The second kappa shape index (κ2) is 9.97. The minimum absolute atomic E-state index is 0.00761. The first kappa shape index (κ1) is 22.7. The lowest BCUT2D eigenvalue weighted by atomic mass is 10.2. The maximum absolute atomic E-state index is 12.7. The number of benzene rings is 3. The van der Waals surface area contributed by atoms with Crippen LogP contribution in [0.25, 0.3) is 11.0 Å². The molecule has 0 atom stereocenters. The lowest BCUT2D eigenvalue weighted by Gasteiger charge is -2.07. The molecule has 0 saturated heterocycles. The van der Waals surface area contributed by atoms with Crippen molar-refractivity contribution >= 4 is 40.0 Å². The van der Waals surface area contributed by atoms with Crippen molar-refractivity contribution in [3.8, 4) is 11.5 Å². The number of amides is 1. The van der Waals surface area contributed by atoms with Gasteiger partial charge in [-0.1, -0.05) is 29.8 Å². The number of para-hydroxylation sites is 1. The van der Waals surface area contributed by atoms with E-state index in [-0.39, 0.29) is 22.9 Å². The second-order valence-electron chi connectivity index (χ2n) is 6.92. The number of hydrogen-bond acceptors (Lipinski definition) is 7. The number of methoxy groups -OCH3 is 1. The van der Waals surface area contributed by atoms with Crippen LogP contribution >= 0.6 is 11.6 Å². The van der Waals surface area contributed by atoms with Crippen LogP contribution in [-0.4, -0.2) is 24.0 Å². The standard InChI is InChI=1S/C24H17ClN4O5/c1-33-21-13-15(6-11-19(21)30)22(27-26-17-9-7-16(25)8-10-17)28-29-23(31)18-12-14-4-2-3-5-20(14)34-24(18)32/h2-13,30H,1H3,(H,29,31)/b27-26?,28-22-. The largest absolute Gasteiger partial charge is 0.504 e. The van der Waals surface area contributed by atoms with E-state index in [9.17, 15) is 14.7 Å². The van der Waals surface area contributed by atoms with Crippen LogP contribution < -0.4 is 15.8 Å². The molecule has 0 unspecified atom stereocenters. The highest BCUT2D eigenvalue weighted by Crippen LogP contribution is 2.27. The summed E-state index contributed by atoms with van der Waals surface area (Å²) in [5.41, 5.74) is 2.52. The zero-order chi connectivity index (χ0) is 24.1. The molecule has 1 aromatic heterocycles. The third kappa shape index (κ3) is 5.11. The number of nitrogens with one attached hydrogen (secondary N) is 1. The Morgan fingerprint density at radius 1 is 1.06 bits per heavy atom. The number of carbonyl (C=O) groups excluding carboxylic acids is 1. The number of halogens is 1. The molecule has 170 valence electrons. The van der Waals surface area contributed by atoms with Gasteiger partial charge in [-0.2, -0.15) is 0 Å². The lowest BCUT2D eigenvalue weighted by molar-refractivity contribution is 0.0951. The number of phenols is 1. The van der Waals surface area contributed by atoms with E-state index < -0.39 is 11.5 Å². The van der Waals surface area contributed by atoms with Crippen LogP contribution in [0.3, 0.4) is 0 Å². The van der Waals surface area contributed by atoms with E-state index >= 15 is 0 Å². The first-order valence-electron chi connectivity index (χ1n) is 9.90. The van der Waals surface area contributed by atoms with E-state index in [0.717, 1.165) is 0 Å². The summed E-state index contributed by atoms with van der Waals surface area (Å²) in [6.45, 7) is 0. The van der Waals surface area contributed by atoms with E-state index in [1.165, 1.54) is 31.4 Å². The maximum atomic E-state index is 12.7. The van der Waals surface area contributed by atoms with Crippen LogP contribution in [0.2, 0.25) is 5.02 Å². The summed E-state index contributed by atoms with van der Waals surface area (Å²) in [5, 5.41) is 23.3. The van der Waals surface area contributed by atoms with Gasteiger partial charge in [-0.3, -0.25) is 4.79 Å². The van der Waals surface area contributed by atoms with Crippen LogP contribution in [-0.2, 0) is 0 Å². The SMILES string of the molecule is COc1cc(/C(N=Nc2ccc(Cl)cc2)=N/NC(=O)c2cc3ccccc3oc2=O)ccc1O. The molecule has 0 aliphatic carbocycles. The molecule has 9 nitrogen and oxygen atoms in total. The maximum Gasteiger partial charge on any atom is 0.349 e. The molecule has 0 aliphatic rings. The topological polar surface area (TPSA) is 126 Å². The predicted octanol–water partition coefficient (Wildman–Crippen LogP) is 5.04. The fraction of sp³-hybridized carbons (Fsp3) is 0.0417. The summed E-state index contributed by atoms with van der Waals surface area (Å²) in [6.07, 6.45) is 0. The van der Waals surface area contributed by atoms with Crippen molar-refractivity contribution in [3.05, 3.63) is 99.4 Å². The molecule has 4 aromatic rings. The van der Waals surface area contributed by atoms with Crippen molar-refractivity contribution in [1.29, 1.82) is 0 Å². The molecular weight excluding hydrogens is 460 g/mol. The summed E-state index contributed by atoms with van der Waals surface area (Å²) < 4.78 is 10.3. The van der Waals surface area contributed by atoms with Gasteiger partial charge in [0.1, 0.15) is 11.1 Å². The van der Waals surface area contributed by atoms with Gasteiger partial charge in [0, 0.05) is 16.0 Å². The number of aromatic hydroxyl groups is 1. The molecule has 0 saturated carbocycles. The number of fused-ring (bicyclic) bond motifs is 1. The molecule has 0 spiro atoms.